The van der Waals surface area contributed by atoms with Crippen LogP contribution in [-0.2, 0) is 4.79 Å². The molecule has 25 heavy (non-hydrogen) atoms. The van der Waals surface area contributed by atoms with Crippen molar-refractivity contribution in [2.24, 2.45) is 0 Å². The van der Waals surface area contributed by atoms with Gasteiger partial charge in [-0.25, -0.2) is 0 Å². The van der Waals surface area contributed by atoms with Crippen molar-refractivity contribution in [3.05, 3.63) is 65.7 Å². The molecular formula is C21H24N2O2. The van der Waals surface area contributed by atoms with Crippen molar-refractivity contribution in [2.75, 3.05) is 38.2 Å². The number of amides is 1. The van der Waals surface area contributed by atoms with Gasteiger partial charge >= 0.3 is 0 Å². The number of ether oxygens (including phenoxy) is 1. The van der Waals surface area contributed by atoms with E-state index >= 15 is 0 Å². The van der Waals surface area contributed by atoms with Gasteiger partial charge < -0.3 is 14.5 Å². The van der Waals surface area contributed by atoms with Gasteiger partial charge in [-0.15, -0.1) is 0 Å². The third-order valence-electron chi connectivity index (χ3n) is 4.47. The van der Waals surface area contributed by atoms with E-state index in [0.29, 0.717) is 0 Å². The topological polar surface area (TPSA) is 32.8 Å². The highest BCUT2D eigenvalue weighted by molar-refractivity contribution is 5.92. The van der Waals surface area contributed by atoms with Crippen LogP contribution >= 0.6 is 0 Å². The zero-order valence-electron chi connectivity index (χ0n) is 14.8. The van der Waals surface area contributed by atoms with Crippen molar-refractivity contribution >= 4 is 17.7 Å². The highest BCUT2D eigenvalue weighted by atomic mass is 16.5. The molecule has 1 saturated heterocycles. The van der Waals surface area contributed by atoms with Crippen LogP contribution in [0.1, 0.15) is 11.1 Å². The maximum atomic E-state index is 12.4. The zero-order valence-corrected chi connectivity index (χ0v) is 14.8. The summed E-state index contributed by atoms with van der Waals surface area (Å²) in [4.78, 5) is 16.6. The van der Waals surface area contributed by atoms with E-state index in [1.807, 2.05) is 41.3 Å². The van der Waals surface area contributed by atoms with Crippen molar-refractivity contribution < 1.29 is 9.53 Å². The number of aryl methyl sites for hydroxylation is 1. The van der Waals surface area contributed by atoms with Crippen LogP contribution in [-0.4, -0.2) is 44.1 Å². The number of piperazine rings is 1. The summed E-state index contributed by atoms with van der Waals surface area (Å²) in [6.07, 6.45) is 3.57. The molecule has 1 fully saturated rings. The number of anilines is 1. The van der Waals surface area contributed by atoms with Crippen molar-refractivity contribution in [3.8, 4) is 5.75 Å². The molecule has 130 valence electrons. The minimum Gasteiger partial charge on any atom is -0.497 e. The van der Waals surface area contributed by atoms with Gasteiger partial charge in [-0.3, -0.25) is 4.79 Å². The lowest BCUT2D eigenvalue weighted by Gasteiger charge is -2.35. The number of rotatable bonds is 4. The molecule has 0 saturated carbocycles. The minimum atomic E-state index is 0.0757. The highest BCUT2D eigenvalue weighted by Crippen LogP contribution is 2.22. The van der Waals surface area contributed by atoms with Gasteiger partial charge in [0.25, 0.3) is 0 Å². The Bertz CT molecular complexity index is 762. The monoisotopic (exact) mass is 336 g/mol. The van der Waals surface area contributed by atoms with Crippen LogP contribution in [0.5, 0.6) is 5.75 Å². The van der Waals surface area contributed by atoms with E-state index in [0.717, 1.165) is 43.2 Å². The first kappa shape index (κ1) is 17.1. The van der Waals surface area contributed by atoms with Gasteiger partial charge in [-0.05, 0) is 30.7 Å². The lowest BCUT2D eigenvalue weighted by Crippen LogP contribution is -2.48. The molecule has 3 rings (SSSR count). The van der Waals surface area contributed by atoms with E-state index in [1.165, 1.54) is 5.56 Å². The van der Waals surface area contributed by atoms with Crippen molar-refractivity contribution in [1.82, 2.24) is 4.90 Å². The largest absolute Gasteiger partial charge is 0.497 e. The molecule has 0 aliphatic carbocycles. The average Bonchev–Trinajstić information content (AvgIpc) is 2.66. The van der Waals surface area contributed by atoms with Gasteiger partial charge in [0.2, 0.25) is 5.91 Å². The molecule has 0 radical (unpaired) electrons. The number of benzene rings is 2. The van der Waals surface area contributed by atoms with E-state index in [2.05, 4.69) is 30.0 Å². The molecular weight excluding hydrogens is 312 g/mol. The molecule has 4 heteroatoms. The van der Waals surface area contributed by atoms with Crippen molar-refractivity contribution in [3.63, 3.8) is 0 Å². The molecule has 0 bridgehead atoms. The van der Waals surface area contributed by atoms with E-state index in [9.17, 15) is 4.79 Å². The molecule has 0 atom stereocenters. The molecule has 2 aromatic rings. The van der Waals surface area contributed by atoms with Gasteiger partial charge in [0, 0.05) is 44.0 Å². The zero-order chi connectivity index (χ0) is 17.6. The number of hydrogen-bond acceptors (Lipinski definition) is 3. The molecule has 1 aliphatic heterocycles. The number of methoxy groups -OCH3 is 1. The molecule has 1 aliphatic rings. The van der Waals surface area contributed by atoms with Gasteiger partial charge in [-0.1, -0.05) is 35.9 Å². The Kier molecular flexibility index (Phi) is 5.39. The van der Waals surface area contributed by atoms with E-state index in [1.54, 1.807) is 13.2 Å². The van der Waals surface area contributed by atoms with Gasteiger partial charge in [-0.2, -0.15) is 0 Å². The maximum absolute atomic E-state index is 12.4. The molecule has 0 spiro atoms. The molecule has 1 heterocycles. The lowest BCUT2D eigenvalue weighted by atomic mass is 10.1. The predicted octanol–water partition coefficient (Wildman–Crippen LogP) is 3.37. The van der Waals surface area contributed by atoms with Gasteiger partial charge in [0.15, 0.2) is 0 Å². The Morgan fingerprint density at radius 1 is 1.04 bits per heavy atom. The molecule has 1 amide bonds. The minimum absolute atomic E-state index is 0.0757. The normalized spacial score (nSPS) is 14.8. The number of hydrogen-bond donors (Lipinski definition) is 0. The summed E-state index contributed by atoms with van der Waals surface area (Å²) in [5.41, 5.74) is 3.40. The van der Waals surface area contributed by atoms with Crippen LogP contribution in [0.3, 0.4) is 0 Å². The van der Waals surface area contributed by atoms with Gasteiger partial charge in [0.1, 0.15) is 5.75 Å². The SMILES string of the molecule is COc1cccc(N2CCN(C(=O)/C=C/c3cccc(C)c3)CC2)c1. The lowest BCUT2D eigenvalue weighted by molar-refractivity contribution is -0.126. The van der Waals surface area contributed by atoms with Crippen LogP contribution in [0.25, 0.3) is 6.08 Å². The van der Waals surface area contributed by atoms with Crippen LogP contribution < -0.4 is 9.64 Å². The van der Waals surface area contributed by atoms with E-state index < -0.39 is 0 Å². The first-order chi connectivity index (χ1) is 12.2. The summed E-state index contributed by atoms with van der Waals surface area (Å²) in [5, 5.41) is 0. The fourth-order valence-corrected chi connectivity index (χ4v) is 3.04. The summed E-state index contributed by atoms with van der Waals surface area (Å²) in [5.74, 6) is 0.934. The Balaban J connectivity index is 1.57. The Morgan fingerprint density at radius 3 is 2.52 bits per heavy atom. The molecule has 0 unspecified atom stereocenters. The molecule has 0 N–H and O–H groups in total. The summed E-state index contributed by atoms with van der Waals surface area (Å²) in [6.45, 7) is 5.17. The summed E-state index contributed by atoms with van der Waals surface area (Å²) in [6, 6.07) is 16.2. The fraction of sp³-hybridized carbons (Fsp3) is 0.286. The van der Waals surface area contributed by atoms with Crippen LogP contribution in [0.4, 0.5) is 5.69 Å². The second-order valence-corrected chi connectivity index (χ2v) is 6.26. The predicted molar refractivity (Wildman–Crippen MR) is 102 cm³/mol. The third-order valence-corrected chi connectivity index (χ3v) is 4.47. The van der Waals surface area contributed by atoms with Gasteiger partial charge in [0.05, 0.1) is 7.11 Å². The summed E-state index contributed by atoms with van der Waals surface area (Å²) >= 11 is 0. The number of nitrogens with zero attached hydrogens (tertiary/aromatic N) is 2. The summed E-state index contributed by atoms with van der Waals surface area (Å²) in [7, 11) is 1.68. The van der Waals surface area contributed by atoms with Crippen LogP contribution in [0.15, 0.2) is 54.6 Å². The Hall–Kier alpha value is -2.75. The third kappa shape index (κ3) is 4.41. The van der Waals surface area contributed by atoms with Crippen molar-refractivity contribution in [1.29, 1.82) is 0 Å². The first-order valence-electron chi connectivity index (χ1n) is 8.58. The first-order valence-corrected chi connectivity index (χ1v) is 8.58. The quantitative estimate of drug-likeness (QED) is 0.803. The second kappa shape index (κ2) is 7.88. The molecule has 0 aromatic heterocycles. The molecule has 2 aromatic carbocycles. The smallest absolute Gasteiger partial charge is 0.246 e. The number of carbonyl (C=O) groups is 1. The van der Waals surface area contributed by atoms with E-state index in [4.69, 9.17) is 4.74 Å². The number of carbonyl (C=O) groups excluding carboxylic acids is 1. The second-order valence-electron chi connectivity index (χ2n) is 6.26. The van der Waals surface area contributed by atoms with Crippen molar-refractivity contribution in [2.45, 2.75) is 6.92 Å². The average molecular weight is 336 g/mol. The Labute approximate surface area is 149 Å². The standard InChI is InChI=1S/C21H24N2O2/c1-17-5-3-6-18(15-17)9-10-21(24)23-13-11-22(12-14-23)19-7-4-8-20(16-19)25-2/h3-10,15-16H,11-14H2,1-2H3/b10-9+. The maximum Gasteiger partial charge on any atom is 0.246 e. The van der Waals surface area contributed by atoms with Crippen LogP contribution in [0.2, 0.25) is 0 Å². The summed E-state index contributed by atoms with van der Waals surface area (Å²) < 4.78 is 5.29. The van der Waals surface area contributed by atoms with E-state index in [-0.39, 0.29) is 5.91 Å². The molecule has 4 nitrogen and oxygen atoms in total. The van der Waals surface area contributed by atoms with Crippen LogP contribution in [0, 0.1) is 6.92 Å². The fourth-order valence-electron chi connectivity index (χ4n) is 3.04. The Morgan fingerprint density at radius 2 is 1.80 bits per heavy atom. The highest BCUT2D eigenvalue weighted by Gasteiger charge is 2.20.